The normalized spacial score (nSPS) is 11.5. The molecule has 14 heteroatoms. The Kier molecular flexibility index (Phi) is 6.96. The van der Waals surface area contributed by atoms with E-state index in [0.29, 0.717) is 0 Å². The molecule has 0 saturated heterocycles. The zero-order chi connectivity index (χ0) is 24.3. The molecule has 0 aliphatic rings. The molecule has 0 aliphatic heterocycles. The van der Waals surface area contributed by atoms with E-state index in [9.17, 15) is 49.4 Å². The molecular formula is C19H9CuF9N2O2. The van der Waals surface area contributed by atoms with Gasteiger partial charge in [0.25, 0.3) is 0 Å². The number of alkyl halides is 3. The molecule has 3 rings (SSSR count). The maximum atomic E-state index is 14.1. The summed E-state index contributed by atoms with van der Waals surface area (Å²) in [5, 5.41) is 13.6. The molecule has 3 aromatic rings. The van der Waals surface area contributed by atoms with E-state index in [0.717, 1.165) is 19.9 Å². The largest absolute Gasteiger partial charge is 0.493 e. The van der Waals surface area contributed by atoms with Gasteiger partial charge in [0.2, 0.25) is 11.7 Å². The Morgan fingerprint density at radius 3 is 1.85 bits per heavy atom. The molecule has 1 heterocycles. The van der Waals surface area contributed by atoms with Crippen LogP contribution < -0.4 is 0 Å². The Morgan fingerprint density at radius 2 is 1.36 bits per heavy atom. The summed E-state index contributed by atoms with van der Waals surface area (Å²) in [7, 11) is 0. The van der Waals surface area contributed by atoms with E-state index in [-0.39, 0.29) is 27.8 Å². The summed E-state index contributed by atoms with van der Waals surface area (Å²) in [5.74, 6) is -16.4. The van der Waals surface area contributed by atoms with Crippen LogP contribution in [0.4, 0.5) is 39.5 Å². The van der Waals surface area contributed by atoms with Gasteiger partial charge in [-0.1, -0.05) is 0 Å². The van der Waals surface area contributed by atoms with Crippen molar-refractivity contribution in [2.24, 2.45) is 0 Å². The number of nitrogens with zero attached hydrogens (tertiary/aromatic N) is 2. The summed E-state index contributed by atoms with van der Waals surface area (Å²) < 4.78 is 121. The van der Waals surface area contributed by atoms with Gasteiger partial charge in [0.1, 0.15) is 17.1 Å². The Labute approximate surface area is 189 Å². The smallest absolute Gasteiger partial charge is 0.419 e. The summed E-state index contributed by atoms with van der Waals surface area (Å²) in [6.07, 6.45) is -5.18. The standard InChI is InChI=1S/C19H9F9N2O2.Cu/c1-5-3-7(4-8(10(5)20)19(26,27)28)17(31)9-6(2)29-30(18(9)32)16-14(24)12(22)11(21)13(23)15(16)25;/h3-4,32H,1-2H3;. The molecule has 0 aliphatic carbocycles. The molecule has 1 radical (unpaired) electrons. The zero-order valence-corrected chi connectivity index (χ0v) is 17.0. The minimum absolute atomic E-state index is 0. The van der Waals surface area contributed by atoms with Gasteiger partial charge < -0.3 is 5.11 Å². The van der Waals surface area contributed by atoms with Gasteiger partial charge in [-0.15, -0.1) is 0 Å². The number of hydrogen-bond acceptors (Lipinski definition) is 3. The van der Waals surface area contributed by atoms with E-state index in [1.807, 2.05) is 0 Å². The fraction of sp³-hybridized carbons (Fsp3) is 0.158. The predicted molar refractivity (Wildman–Crippen MR) is 89.3 cm³/mol. The van der Waals surface area contributed by atoms with Crippen molar-refractivity contribution in [1.29, 1.82) is 0 Å². The van der Waals surface area contributed by atoms with Crippen LogP contribution in [-0.2, 0) is 23.2 Å². The molecule has 0 atom stereocenters. The number of carbonyl (C=O) groups is 1. The Hall–Kier alpha value is -2.99. The van der Waals surface area contributed by atoms with E-state index in [4.69, 9.17) is 0 Å². The fourth-order valence-corrected chi connectivity index (χ4v) is 2.97. The molecule has 4 nitrogen and oxygen atoms in total. The van der Waals surface area contributed by atoms with Gasteiger partial charge in [0.05, 0.1) is 11.3 Å². The quantitative estimate of drug-likeness (QED) is 0.165. The third-order valence-corrected chi connectivity index (χ3v) is 4.48. The van der Waals surface area contributed by atoms with Crippen molar-refractivity contribution in [3.8, 4) is 11.6 Å². The van der Waals surface area contributed by atoms with Crippen molar-refractivity contribution >= 4 is 5.78 Å². The first-order chi connectivity index (χ1) is 14.7. The van der Waals surface area contributed by atoms with E-state index in [1.165, 1.54) is 0 Å². The number of benzene rings is 2. The molecule has 1 N–H and O–H groups in total. The zero-order valence-electron chi connectivity index (χ0n) is 16.1. The summed E-state index contributed by atoms with van der Waals surface area (Å²) in [5.41, 5.74) is -6.27. The van der Waals surface area contributed by atoms with Crippen LogP contribution in [0.1, 0.15) is 32.7 Å². The monoisotopic (exact) mass is 531 g/mol. The van der Waals surface area contributed by atoms with Crippen molar-refractivity contribution in [2.45, 2.75) is 20.0 Å². The number of rotatable bonds is 3. The van der Waals surface area contributed by atoms with Crippen molar-refractivity contribution in [1.82, 2.24) is 9.78 Å². The fourth-order valence-electron chi connectivity index (χ4n) is 2.97. The molecule has 1 aromatic heterocycles. The third-order valence-electron chi connectivity index (χ3n) is 4.48. The van der Waals surface area contributed by atoms with Crippen molar-refractivity contribution in [3.05, 3.63) is 75.0 Å². The topological polar surface area (TPSA) is 55.1 Å². The van der Waals surface area contributed by atoms with Crippen LogP contribution >= 0.6 is 0 Å². The van der Waals surface area contributed by atoms with E-state index in [1.54, 1.807) is 0 Å². The van der Waals surface area contributed by atoms with Gasteiger partial charge in [-0.05, 0) is 31.5 Å². The molecule has 0 amide bonds. The molecule has 0 bridgehead atoms. The number of hydrogen-bond donors (Lipinski definition) is 1. The van der Waals surface area contributed by atoms with Crippen LogP contribution in [0.5, 0.6) is 5.88 Å². The minimum atomic E-state index is -5.18. The molecular weight excluding hydrogens is 523 g/mol. The molecule has 0 unspecified atom stereocenters. The average Bonchev–Trinajstić information content (AvgIpc) is 2.99. The van der Waals surface area contributed by atoms with Crippen molar-refractivity contribution in [2.75, 3.05) is 0 Å². The number of aromatic hydroxyl groups is 1. The average molecular weight is 532 g/mol. The summed E-state index contributed by atoms with van der Waals surface area (Å²) in [6, 6.07) is 0.876. The molecule has 33 heavy (non-hydrogen) atoms. The number of aromatic nitrogens is 2. The van der Waals surface area contributed by atoms with Gasteiger partial charge in [0, 0.05) is 22.6 Å². The van der Waals surface area contributed by atoms with Gasteiger partial charge in [-0.2, -0.15) is 23.0 Å². The minimum Gasteiger partial charge on any atom is -0.493 e. The maximum Gasteiger partial charge on any atom is 0.419 e. The molecule has 0 saturated carbocycles. The van der Waals surface area contributed by atoms with Crippen molar-refractivity contribution in [3.63, 3.8) is 0 Å². The number of carbonyl (C=O) groups excluding carboxylic acids is 1. The second-order valence-electron chi connectivity index (χ2n) is 6.60. The number of halogens is 9. The first-order valence-corrected chi connectivity index (χ1v) is 8.40. The Balaban J connectivity index is 0.00000385. The van der Waals surface area contributed by atoms with Crippen LogP contribution in [0.15, 0.2) is 12.1 Å². The molecule has 2 aromatic carbocycles. The number of ketones is 1. The second-order valence-corrected chi connectivity index (χ2v) is 6.60. The second kappa shape index (κ2) is 8.75. The van der Waals surface area contributed by atoms with Gasteiger partial charge >= 0.3 is 6.18 Å². The van der Waals surface area contributed by atoms with Gasteiger partial charge in [-0.25, -0.2) is 26.3 Å². The SMILES string of the molecule is Cc1cc(C(=O)c2c(C)nn(-c3c(F)c(F)c(F)c(F)c3F)c2O)cc(C(F)(F)F)c1F.[Cu]. The van der Waals surface area contributed by atoms with Crippen molar-refractivity contribution < 1.29 is 66.5 Å². The Morgan fingerprint density at radius 1 is 0.879 bits per heavy atom. The van der Waals surface area contributed by atoms with Gasteiger partial charge in [0.15, 0.2) is 29.1 Å². The molecule has 0 fully saturated rings. The summed E-state index contributed by atoms with van der Waals surface area (Å²) in [6.45, 7) is 1.92. The molecule has 0 spiro atoms. The maximum absolute atomic E-state index is 14.1. The summed E-state index contributed by atoms with van der Waals surface area (Å²) >= 11 is 0. The van der Waals surface area contributed by atoms with Gasteiger partial charge in [-0.3, -0.25) is 4.79 Å². The predicted octanol–water partition coefficient (Wildman–Crippen LogP) is 5.28. The van der Waals surface area contributed by atoms with E-state index in [2.05, 4.69) is 5.10 Å². The summed E-state index contributed by atoms with van der Waals surface area (Å²) in [4.78, 5) is 12.7. The van der Waals surface area contributed by atoms with Crippen LogP contribution in [0.25, 0.3) is 5.69 Å². The van der Waals surface area contributed by atoms with Crippen LogP contribution in [0.3, 0.4) is 0 Å². The third kappa shape index (κ3) is 4.20. The van der Waals surface area contributed by atoms with Crippen LogP contribution in [0.2, 0.25) is 0 Å². The number of aryl methyl sites for hydroxylation is 2. The van der Waals surface area contributed by atoms with Crippen LogP contribution in [-0.4, -0.2) is 20.7 Å². The van der Waals surface area contributed by atoms with Crippen LogP contribution in [0, 0.1) is 48.8 Å². The Bertz CT molecular complexity index is 1260. The first kappa shape index (κ1) is 26.3. The van der Waals surface area contributed by atoms with E-state index >= 15 is 0 Å². The molecule has 181 valence electrons. The van der Waals surface area contributed by atoms with E-state index < -0.39 is 86.4 Å². The first-order valence-electron chi connectivity index (χ1n) is 8.40.